The average molecular weight is 669 g/mol. The lowest BCUT2D eigenvalue weighted by Gasteiger charge is -2.37. The first-order chi connectivity index (χ1) is 24.2. The Kier molecular flexibility index (Phi) is 8.99. The zero-order chi connectivity index (χ0) is 34.9. The molecule has 9 heteroatoms. The molecule has 0 saturated heterocycles. The first-order valence-electron chi connectivity index (χ1n) is 16.9. The highest BCUT2D eigenvalue weighted by Crippen LogP contribution is 2.36. The van der Waals surface area contributed by atoms with E-state index in [9.17, 15) is 19.5 Å². The van der Waals surface area contributed by atoms with Gasteiger partial charge in [-0.2, -0.15) is 0 Å². The number of nitrogens with zero attached hydrogens (tertiary/aromatic N) is 4. The molecular formula is C41H40N4O5. The summed E-state index contributed by atoms with van der Waals surface area (Å²) in [5.41, 5.74) is 8.05. The molecule has 1 aromatic heterocycles. The monoisotopic (exact) mass is 668 g/mol. The van der Waals surface area contributed by atoms with Gasteiger partial charge in [-0.3, -0.25) is 9.59 Å². The first-order valence-corrected chi connectivity index (χ1v) is 16.9. The van der Waals surface area contributed by atoms with E-state index in [1.54, 1.807) is 33.9 Å². The van der Waals surface area contributed by atoms with Crippen molar-refractivity contribution in [2.75, 3.05) is 25.1 Å². The van der Waals surface area contributed by atoms with Crippen LogP contribution in [0, 0.1) is 6.92 Å². The molecule has 2 aliphatic rings. The quantitative estimate of drug-likeness (QED) is 0.226. The summed E-state index contributed by atoms with van der Waals surface area (Å²) in [5, 5.41) is 10.5. The molecule has 4 aromatic carbocycles. The molecule has 7 rings (SSSR count). The van der Waals surface area contributed by atoms with Crippen LogP contribution in [0.4, 0.5) is 10.5 Å². The molecule has 0 unspecified atom stereocenters. The summed E-state index contributed by atoms with van der Waals surface area (Å²) in [6.07, 6.45) is 0.671. The maximum Gasteiger partial charge on any atom is 0.415 e. The molecule has 254 valence electrons. The Morgan fingerprint density at radius 1 is 0.820 bits per heavy atom. The lowest BCUT2D eigenvalue weighted by molar-refractivity contribution is 0.0544. The van der Waals surface area contributed by atoms with Crippen LogP contribution in [0.3, 0.4) is 0 Å². The van der Waals surface area contributed by atoms with Gasteiger partial charge in [0.15, 0.2) is 0 Å². The van der Waals surface area contributed by atoms with Crippen LogP contribution in [-0.4, -0.2) is 63.6 Å². The summed E-state index contributed by atoms with van der Waals surface area (Å²) >= 11 is 0. The molecule has 5 aromatic rings. The van der Waals surface area contributed by atoms with Crippen LogP contribution in [0.25, 0.3) is 11.3 Å². The maximum atomic E-state index is 14.8. The van der Waals surface area contributed by atoms with Gasteiger partial charge in [0.25, 0.3) is 11.8 Å². The lowest BCUT2D eigenvalue weighted by Crippen LogP contribution is -2.46. The van der Waals surface area contributed by atoms with Gasteiger partial charge in [-0.25, -0.2) is 4.79 Å². The molecule has 3 heterocycles. The summed E-state index contributed by atoms with van der Waals surface area (Å²) in [4.78, 5) is 46.9. The highest BCUT2D eigenvalue weighted by Gasteiger charge is 2.34. The summed E-state index contributed by atoms with van der Waals surface area (Å²) < 4.78 is 7.61. The number of aromatic nitrogens is 1. The van der Waals surface area contributed by atoms with Crippen molar-refractivity contribution in [3.63, 3.8) is 0 Å². The van der Waals surface area contributed by atoms with E-state index in [1.165, 1.54) is 0 Å². The van der Waals surface area contributed by atoms with Crippen LogP contribution >= 0.6 is 0 Å². The fourth-order valence-electron chi connectivity index (χ4n) is 7.07. The van der Waals surface area contributed by atoms with E-state index in [0.717, 1.165) is 39.3 Å². The number of fused-ring (bicyclic) bond motifs is 2. The van der Waals surface area contributed by atoms with Gasteiger partial charge in [0, 0.05) is 61.9 Å². The molecule has 2 aliphatic heterocycles. The van der Waals surface area contributed by atoms with E-state index in [1.807, 2.05) is 110 Å². The van der Waals surface area contributed by atoms with Crippen LogP contribution < -0.4 is 9.64 Å². The zero-order valence-corrected chi connectivity index (χ0v) is 28.5. The number of amides is 3. The Morgan fingerprint density at radius 3 is 2.22 bits per heavy atom. The van der Waals surface area contributed by atoms with Crippen molar-refractivity contribution in [2.45, 2.75) is 38.9 Å². The van der Waals surface area contributed by atoms with Crippen LogP contribution in [-0.2, 0) is 33.0 Å². The molecule has 1 atom stereocenters. The van der Waals surface area contributed by atoms with Crippen molar-refractivity contribution in [1.29, 1.82) is 0 Å². The van der Waals surface area contributed by atoms with E-state index in [0.29, 0.717) is 48.4 Å². The highest BCUT2D eigenvalue weighted by molar-refractivity contribution is 6.08. The van der Waals surface area contributed by atoms with Gasteiger partial charge in [-0.1, -0.05) is 60.7 Å². The zero-order valence-electron chi connectivity index (χ0n) is 28.5. The number of aliphatic hydroxyl groups excluding tert-OH is 1. The largest absolute Gasteiger partial charge is 0.415 e. The molecular weight excluding hydrogens is 628 g/mol. The Balaban J connectivity index is 1.29. The van der Waals surface area contributed by atoms with Crippen molar-refractivity contribution < 1.29 is 24.2 Å². The predicted molar refractivity (Wildman–Crippen MR) is 192 cm³/mol. The number of carbonyl (C=O) groups excluding carboxylic acids is 3. The number of ether oxygens (including phenoxy) is 1. The van der Waals surface area contributed by atoms with Crippen molar-refractivity contribution in [3.05, 3.63) is 142 Å². The molecule has 0 aliphatic carbocycles. The van der Waals surface area contributed by atoms with Crippen LogP contribution in [0.2, 0.25) is 0 Å². The number of aliphatic hydroxyl groups is 1. The van der Waals surface area contributed by atoms with E-state index in [-0.39, 0.29) is 25.0 Å². The SMILES string of the molecule is Cc1c(C(=O)N(C)c2ccccc2)cc(-c2cc3c(cc2C(=O)N2Cc4ccccc4C[C@H]2CO)CN(C(=O)Oc2ccccc2)CC3)n1C. The average Bonchev–Trinajstić information content (AvgIpc) is 3.46. The number of rotatable bonds is 6. The van der Waals surface area contributed by atoms with Gasteiger partial charge < -0.3 is 29.1 Å². The molecule has 3 amide bonds. The number of para-hydroxylation sites is 2. The molecule has 0 spiro atoms. The minimum atomic E-state index is -0.449. The number of carbonyl (C=O) groups is 3. The minimum absolute atomic E-state index is 0.151. The van der Waals surface area contributed by atoms with Crippen molar-refractivity contribution in [3.8, 4) is 17.0 Å². The van der Waals surface area contributed by atoms with E-state index >= 15 is 0 Å². The van der Waals surface area contributed by atoms with E-state index < -0.39 is 12.1 Å². The van der Waals surface area contributed by atoms with Gasteiger partial charge in [0.05, 0.1) is 18.2 Å². The van der Waals surface area contributed by atoms with Gasteiger partial charge in [-0.15, -0.1) is 0 Å². The van der Waals surface area contributed by atoms with Crippen LogP contribution in [0.15, 0.2) is 103 Å². The van der Waals surface area contributed by atoms with Crippen molar-refractivity contribution in [2.24, 2.45) is 7.05 Å². The fraction of sp³-hybridized carbons (Fsp3) is 0.244. The normalized spacial score (nSPS) is 15.2. The Bertz CT molecular complexity index is 2070. The molecule has 50 heavy (non-hydrogen) atoms. The first kappa shape index (κ1) is 32.9. The van der Waals surface area contributed by atoms with E-state index in [4.69, 9.17) is 4.74 Å². The number of anilines is 1. The third-order valence-electron chi connectivity index (χ3n) is 10.1. The Labute approximate surface area is 291 Å². The third-order valence-corrected chi connectivity index (χ3v) is 10.1. The van der Waals surface area contributed by atoms with E-state index in [2.05, 4.69) is 0 Å². The summed E-state index contributed by atoms with van der Waals surface area (Å²) in [7, 11) is 3.67. The Hall–Kier alpha value is -5.67. The lowest BCUT2D eigenvalue weighted by atomic mass is 9.89. The molecule has 0 radical (unpaired) electrons. The minimum Gasteiger partial charge on any atom is -0.410 e. The number of hydrogen-bond acceptors (Lipinski definition) is 5. The molecule has 1 N–H and O–H groups in total. The standard InChI is InChI=1S/C41H40N4O5/c1-27-35(39(47)43(3)32-14-6-4-7-15-32)23-38(42(27)2)36-21-29-18-19-44(41(49)50-34-16-8-5-9-17-34)24-31(29)22-37(36)40(48)45-25-30-13-11-10-12-28(30)20-33(45)26-46/h4-17,21-23,33,46H,18-20,24-26H2,1-3H3/t33-/m0/s1. The fourth-order valence-corrected chi connectivity index (χ4v) is 7.07. The van der Waals surface area contributed by atoms with Crippen molar-refractivity contribution >= 4 is 23.6 Å². The highest BCUT2D eigenvalue weighted by atomic mass is 16.6. The third kappa shape index (κ3) is 6.16. The Morgan fingerprint density at radius 2 is 1.50 bits per heavy atom. The second-order valence-corrected chi connectivity index (χ2v) is 13.0. The van der Waals surface area contributed by atoms with Crippen LogP contribution in [0.5, 0.6) is 5.75 Å². The molecule has 0 bridgehead atoms. The van der Waals surface area contributed by atoms with Gasteiger partial charge in [-0.05, 0) is 84.5 Å². The van der Waals surface area contributed by atoms with Gasteiger partial charge in [0.2, 0.25) is 0 Å². The maximum absolute atomic E-state index is 14.8. The molecule has 9 nitrogen and oxygen atoms in total. The van der Waals surface area contributed by atoms with Crippen molar-refractivity contribution in [1.82, 2.24) is 14.4 Å². The molecule has 0 saturated carbocycles. The van der Waals surface area contributed by atoms with Gasteiger partial charge in [0.1, 0.15) is 5.75 Å². The smallest absolute Gasteiger partial charge is 0.410 e. The molecule has 0 fully saturated rings. The number of hydrogen-bond donors (Lipinski definition) is 1. The second kappa shape index (κ2) is 13.7. The van der Waals surface area contributed by atoms with Crippen LogP contribution in [0.1, 0.15) is 48.7 Å². The topological polar surface area (TPSA) is 95.3 Å². The number of benzene rings is 4. The second-order valence-electron chi connectivity index (χ2n) is 13.0. The summed E-state index contributed by atoms with van der Waals surface area (Å²) in [6, 6.07) is 31.9. The van der Waals surface area contributed by atoms with Gasteiger partial charge >= 0.3 is 6.09 Å². The predicted octanol–water partition coefficient (Wildman–Crippen LogP) is 6.39. The summed E-state index contributed by atoms with van der Waals surface area (Å²) in [5.74, 6) is 0.104. The summed E-state index contributed by atoms with van der Waals surface area (Å²) in [6.45, 7) is 2.84.